The van der Waals surface area contributed by atoms with Gasteiger partial charge in [0.25, 0.3) is 0 Å². The summed E-state index contributed by atoms with van der Waals surface area (Å²) in [7, 11) is -3.21. The lowest BCUT2D eigenvalue weighted by Gasteiger charge is -2.18. The van der Waals surface area contributed by atoms with Crippen molar-refractivity contribution in [3.05, 3.63) is 29.8 Å². The van der Waals surface area contributed by atoms with E-state index in [4.69, 9.17) is 9.05 Å². The minimum Gasteiger partial charge on any atom is -0.293 e. The average Bonchev–Trinajstić information content (AvgIpc) is 2.22. The molecule has 1 N–H and O–H groups in total. The summed E-state index contributed by atoms with van der Waals surface area (Å²) in [5.41, 5.74) is 1.88. The first-order valence-electron chi connectivity index (χ1n) is 5.33. The predicted octanol–water partition coefficient (Wildman–Crippen LogP) is 3.59. The second kappa shape index (κ2) is 6.04. The van der Waals surface area contributed by atoms with E-state index < -0.39 is 7.75 Å². The highest BCUT2D eigenvalue weighted by Gasteiger charge is 2.23. The van der Waals surface area contributed by atoms with Crippen LogP contribution in [0.15, 0.2) is 24.3 Å². The number of hydrogen-bond acceptors (Lipinski definition) is 3. The van der Waals surface area contributed by atoms with Gasteiger partial charge in [0.2, 0.25) is 0 Å². The predicted molar refractivity (Wildman–Crippen MR) is 65.7 cm³/mol. The number of rotatable bonds is 6. The standard InChI is InChI=1S/C11H18NO3P/c1-4-14-16(13,15-5-2)12-11-8-6-10(3)7-9-11/h6-9H,4-5H2,1-3H3,(H,12,13). The fourth-order valence-electron chi connectivity index (χ4n) is 1.23. The molecule has 0 aromatic heterocycles. The fourth-order valence-corrected chi connectivity index (χ4v) is 2.58. The van der Waals surface area contributed by atoms with Gasteiger partial charge < -0.3 is 0 Å². The lowest BCUT2D eigenvalue weighted by Crippen LogP contribution is -2.04. The Hall–Kier alpha value is -0.830. The highest BCUT2D eigenvalue weighted by atomic mass is 31.2. The molecule has 0 bridgehead atoms. The molecule has 0 saturated heterocycles. The topological polar surface area (TPSA) is 47.6 Å². The molecule has 1 rings (SSSR count). The SMILES string of the molecule is CCOP(=O)(Nc1ccc(C)cc1)OCC. The van der Waals surface area contributed by atoms with E-state index >= 15 is 0 Å². The zero-order valence-electron chi connectivity index (χ0n) is 9.90. The van der Waals surface area contributed by atoms with Crippen molar-refractivity contribution in [2.45, 2.75) is 20.8 Å². The van der Waals surface area contributed by atoms with E-state index in [2.05, 4.69) is 5.09 Å². The van der Waals surface area contributed by atoms with Crippen LogP contribution in [0.2, 0.25) is 0 Å². The van der Waals surface area contributed by atoms with Gasteiger partial charge in [-0.15, -0.1) is 0 Å². The lowest BCUT2D eigenvalue weighted by atomic mass is 10.2. The highest BCUT2D eigenvalue weighted by molar-refractivity contribution is 7.55. The summed E-state index contributed by atoms with van der Waals surface area (Å²) in [5, 5.41) is 2.80. The Bertz CT molecular complexity index is 354. The third-order valence-electron chi connectivity index (χ3n) is 1.92. The van der Waals surface area contributed by atoms with E-state index in [1.807, 2.05) is 31.2 Å². The Kier molecular flexibility index (Phi) is 5.00. The molecule has 0 heterocycles. The van der Waals surface area contributed by atoms with Gasteiger partial charge in [-0.2, -0.15) is 0 Å². The van der Waals surface area contributed by atoms with Crippen LogP contribution in [0.4, 0.5) is 5.69 Å². The second-order valence-corrected chi connectivity index (χ2v) is 5.05. The Labute approximate surface area is 96.6 Å². The molecule has 16 heavy (non-hydrogen) atoms. The van der Waals surface area contributed by atoms with Crippen molar-refractivity contribution in [2.75, 3.05) is 18.3 Å². The molecule has 0 fully saturated rings. The molecular weight excluding hydrogens is 225 g/mol. The van der Waals surface area contributed by atoms with Crippen LogP contribution in [0.3, 0.4) is 0 Å². The maximum Gasteiger partial charge on any atom is 0.432 e. The van der Waals surface area contributed by atoms with Crippen LogP contribution in [0.5, 0.6) is 0 Å². The van der Waals surface area contributed by atoms with Gasteiger partial charge in [0.1, 0.15) is 0 Å². The largest absolute Gasteiger partial charge is 0.432 e. The molecule has 0 unspecified atom stereocenters. The van der Waals surface area contributed by atoms with E-state index in [0.717, 1.165) is 11.3 Å². The minimum atomic E-state index is -3.21. The van der Waals surface area contributed by atoms with E-state index in [9.17, 15) is 4.57 Å². The van der Waals surface area contributed by atoms with Crippen LogP contribution in [-0.2, 0) is 13.6 Å². The Morgan fingerprint density at radius 3 is 2.06 bits per heavy atom. The fraction of sp³-hybridized carbons (Fsp3) is 0.455. The first kappa shape index (κ1) is 13.2. The molecule has 0 aliphatic heterocycles. The first-order valence-corrected chi connectivity index (χ1v) is 6.88. The van der Waals surface area contributed by atoms with Gasteiger partial charge >= 0.3 is 7.75 Å². The van der Waals surface area contributed by atoms with Gasteiger partial charge in [-0.25, -0.2) is 4.57 Å². The van der Waals surface area contributed by atoms with Crippen molar-refractivity contribution in [3.63, 3.8) is 0 Å². The molecule has 0 atom stereocenters. The summed E-state index contributed by atoms with van der Waals surface area (Å²) in [6.07, 6.45) is 0. The molecule has 4 nitrogen and oxygen atoms in total. The van der Waals surface area contributed by atoms with Crippen LogP contribution in [-0.4, -0.2) is 13.2 Å². The minimum absolute atomic E-state index is 0.343. The Morgan fingerprint density at radius 2 is 1.62 bits per heavy atom. The summed E-state index contributed by atoms with van der Waals surface area (Å²) in [5.74, 6) is 0. The van der Waals surface area contributed by atoms with Crippen LogP contribution < -0.4 is 5.09 Å². The van der Waals surface area contributed by atoms with E-state index in [1.54, 1.807) is 13.8 Å². The third kappa shape index (κ3) is 3.97. The lowest BCUT2D eigenvalue weighted by molar-refractivity contribution is 0.225. The zero-order valence-corrected chi connectivity index (χ0v) is 10.8. The number of aryl methyl sites for hydroxylation is 1. The molecule has 0 amide bonds. The molecular formula is C11H18NO3P. The van der Waals surface area contributed by atoms with Gasteiger partial charge in [0.05, 0.1) is 13.2 Å². The third-order valence-corrected chi connectivity index (χ3v) is 3.64. The van der Waals surface area contributed by atoms with Crippen LogP contribution >= 0.6 is 7.75 Å². The molecule has 0 aliphatic rings. The van der Waals surface area contributed by atoms with Crippen molar-refractivity contribution in [3.8, 4) is 0 Å². The number of anilines is 1. The maximum atomic E-state index is 12.1. The van der Waals surface area contributed by atoms with Gasteiger partial charge in [-0.05, 0) is 32.9 Å². The van der Waals surface area contributed by atoms with E-state index in [0.29, 0.717) is 13.2 Å². The van der Waals surface area contributed by atoms with Crippen molar-refractivity contribution in [1.29, 1.82) is 0 Å². The van der Waals surface area contributed by atoms with Crippen molar-refractivity contribution < 1.29 is 13.6 Å². The monoisotopic (exact) mass is 243 g/mol. The van der Waals surface area contributed by atoms with Crippen LogP contribution in [0, 0.1) is 6.92 Å². The molecule has 0 saturated carbocycles. The van der Waals surface area contributed by atoms with E-state index in [1.165, 1.54) is 0 Å². The van der Waals surface area contributed by atoms with Crippen LogP contribution in [0.1, 0.15) is 19.4 Å². The Balaban J connectivity index is 2.75. The summed E-state index contributed by atoms with van der Waals surface area (Å²) in [6, 6.07) is 7.56. The van der Waals surface area contributed by atoms with Crippen molar-refractivity contribution in [2.24, 2.45) is 0 Å². The van der Waals surface area contributed by atoms with Crippen molar-refractivity contribution in [1.82, 2.24) is 0 Å². The van der Waals surface area contributed by atoms with Gasteiger partial charge in [0, 0.05) is 5.69 Å². The van der Waals surface area contributed by atoms with Gasteiger partial charge in [-0.1, -0.05) is 17.7 Å². The summed E-state index contributed by atoms with van der Waals surface area (Å²) < 4.78 is 22.4. The molecule has 0 spiro atoms. The molecule has 5 heteroatoms. The highest BCUT2D eigenvalue weighted by Crippen LogP contribution is 2.47. The zero-order chi connectivity index (χ0) is 12.0. The summed E-state index contributed by atoms with van der Waals surface area (Å²) >= 11 is 0. The molecule has 90 valence electrons. The normalized spacial score (nSPS) is 11.4. The molecule has 1 aromatic carbocycles. The maximum absolute atomic E-state index is 12.1. The first-order chi connectivity index (χ1) is 7.59. The molecule has 1 aromatic rings. The number of hydrogen-bond donors (Lipinski definition) is 1. The van der Waals surface area contributed by atoms with Crippen LogP contribution in [0.25, 0.3) is 0 Å². The van der Waals surface area contributed by atoms with Gasteiger partial charge in [-0.3, -0.25) is 14.1 Å². The summed E-state index contributed by atoms with van der Waals surface area (Å²) in [6.45, 7) is 6.24. The van der Waals surface area contributed by atoms with Crippen molar-refractivity contribution >= 4 is 13.4 Å². The summed E-state index contributed by atoms with van der Waals surface area (Å²) in [4.78, 5) is 0. The number of nitrogens with one attached hydrogen (secondary N) is 1. The average molecular weight is 243 g/mol. The molecule has 0 aliphatic carbocycles. The molecule has 0 radical (unpaired) electrons. The number of benzene rings is 1. The van der Waals surface area contributed by atoms with E-state index in [-0.39, 0.29) is 0 Å². The second-order valence-electron chi connectivity index (χ2n) is 3.31. The Morgan fingerprint density at radius 1 is 1.12 bits per heavy atom. The smallest absolute Gasteiger partial charge is 0.293 e. The quantitative estimate of drug-likeness (QED) is 0.775. The van der Waals surface area contributed by atoms with Gasteiger partial charge in [0.15, 0.2) is 0 Å².